The van der Waals surface area contributed by atoms with E-state index in [0.29, 0.717) is 12.2 Å². The van der Waals surface area contributed by atoms with Crippen molar-refractivity contribution in [3.05, 3.63) is 48.3 Å². The number of nitrogens with one attached hydrogen (secondary N) is 3. The van der Waals surface area contributed by atoms with Gasteiger partial charge in [-0.05, 0) is 5.56 Å². The highest BCUT2D eigenvalue weighted by molar-refractivity contribution is 5.89. The first-order chi connectivity index (χ1) is 10.6. The molecule has 2 aromatic rings. The minimum absolute atomic E-state index is 0.0209. The second-order valence-electron chi connectivity index (χ2n) is 4.85. The summed E-state index contributed by atoms with van der Waals surface area (Å²) in [5, 5.41) is 11.5. The fourth-order valence-electron chi connectivity index (χ4n) is 1.91. The molecule has 0 atom stereocenters. The van der Waals surface area contributed by atoms with E-state index in [9.17, 15) is 9.59 Å². The van der Waals surface area contributed by atoms with Crippen LogP contribution in [0, 0.1) is 0 Å². The van der Waals surface area contributed by atoms with Gasteiger partial charge in [-0.25, -0.2) is 4.79 Å². The molecule has 3 amide bonds. The summed E-state index contributed by atoms with van der Waals surface area (Å²) in [5.74, 6) is -0.0209. The van der Waals surface area contributed by atoms with Gasteiger partial charge in [-0.2, -0.15) is 5.10 Å². The highest BCUT2D eigenvalue weighted by Gasteiger charge is 2.10. The Labute approximate surface area is 128 Å². The standard InChI is InChI=1S/C15H19N5O2/c1-20(11-12-5-3-2-4-6-12)14(21)7-8-16-15(22)19-13-9-17-18-10-13/h2-6,9-10H,7-8,11H2,1H3,(H,17,18)(H2,16,19,22). The maximum absolute atomic E-state index is 12.0. The van der Waals surface area contributed by atoms with E-state index in [-0.39, 0.29) is 24.9 Å². The highest BCUT2D eigenvalue weighted by Crippen LogP contribution is 2.04. The first kappa shape index (κ1) is 15.6. The fourth-order valence-corrected chi connectivity index (χ4v) is 1.91. The molecule has 0 unspecified atom stereocenters. The topological polar surface area (TPSA) is 90.1 Å². The summed E-state index contributed by atoms with van der Waals surface area (Å²) >= 11 is 0. The molecule has 1 heterocycles. The molecule has 1 aromatic carbocycles. The van der Waals surface area contributed by atoms with Crippen LogP contribution in [0.5, 0.6) is 0 Å². The van der Waals surface area contributed by atoms with E-state index in [2.05, 4.69) is 20.8 Å². The molecule has 0 saturated carbocycles. The number of urea groups is 1. The van der Waals surface area contributed by atoms with E-state index in [1.165, 1.54) is 6.20 Å². The number of aromatic amines is 1. The SMILES string of the molecule is CN(Cc1ccccc1)C(=O)CCNC(=O)Nc1cn[nH]c1. The minimum Gasteiger partial charge on any atom is -0.341 e. The number of carbonyl (C=O) groups is 2. The maximum Gasteiger partial charge on any atom is 0.319 e. The molecule has 7 nitrogen and oxygen atoms in total. The van der Waals surface area contributed by atoms with E-state index in [4.69, 9.17) is 0 Å². The predicted molar refractivity (Wildman–Crippen MR) is 83.1 cm³/mol. The van der Waals surface area contributed by atoms with Gasteiger partial charge in [0.25, 0.3) is 0 Å². The predicted octanol–water partition coefficient (Wildman–Crippen LogP) is 1.58. The van der Waals surface area contributed by atoms with Crippen LogP contribution in [0.15, 0.2) is 42.7 Å². The lowest BCUT2D eigenvalue weighted by Crippen LogP contribution is -2.34. The summed E-state index contributed by atoms with van der Waals surface area (Å²) in [6.45, 7) is 0.836. The molecule has 1 aromatic heterocycles. The van der Waals surface area contributed by atoms with Crippen LogP contribution in [0.2, 0.25) is 0 Å². The Hall–Kier alpha value is -2.83. The Morgan fingerprint density at radius 3 is 2.73 bits per heavy atom. The lowest BCUT2D eigenvalue weighted by molar-refractivity contribution is -0.130. The van der Waals surface area contributed by atoms with Gasteiger partial charge in [-0.15, -0.1) is 0 Å². The molecular formula is C15H19N5O2. The van der Waals surface area contributed by atoms with Crippen LogP contribution in [0.3, 0.4) is 0 Å². The van der Waals surface area contributed by atoms with E-state index >= 15 is 0 Å². The molecule has 7 heteroatoms. The summed E-state index contributed by atoms with van der Waals surface area (Å²) in [6, 6.07) is 9.40. The van der Waals surface area contributed by atoms with Crippen LogP contribution in [0.25, 0.3) is 0 Å². The van der Waals surface area contributed by atoms with E-state index < -0.39 is 0 Å². The van der Waals surface area contributed by atoms with E-state index in [1.807, 2.05) is 30.3 Å². The van der Waals surface area contributed by atoms with Gasteiger partial charge in [0.05, 0.1) is 11.9 Å². The van der Waals surface area contributed by atoms with Crippen molar-refractivity contribution >= 4 is 17.6 Å². The summed E-state index contributed by atoms with van der Waals surface area (Å²) < 4.78 is 0. The number of anilines is 1. The first-order valence-electron chi connectivity index (χ1n) is 6.96. The highest BCUT2D eigenvalue weighted by atomic mass is 16.2. The molecule has 0 bridgehead atoms. The van der Waals surface area contributed by atoms with E-state index in [0.717, 1.165) is 5.56 Å². The third-order valence-electron chi connectivity index (χ3n) is 3.07. The van der Waals surface area contributed by atoms with Crippen molar-refractivity contribution in [2.75, 3.05) is 18.9 Å². The van der Waals surface area contributed by atoms with Gasteiger partial charge in [-0.1, -0.05) is 30.3 Å². The number of H-pyrrole nitrogens is 1. The number of benzene rings is 1. The van der Waals surface area contributed by atoms with Crippen LogP contribution >= 0.6 is 0 Å². The largest absolute Gasteiger partial charge is 0.341 e. The Kier molecular flexibility index (Phi) is 5.53. The summed E-state index contributed by atoms with van der Waals surface area (Å²) in [6.07, 6.45) is 3.32. The summed E-state index contributed by atoms with van der Waals surface area (Å²) in [4.78, 5) is 25.2. The molecule has 22 heavy (non-hydrogen) atoms. The summed E-state index contributed by atoms with van der Waals surface area (Å²) in [7, 11) is 1.75. The van der Waals surface area contributed by atoms with Gasteiger partial charge in [0.1, 0.15) is 0 Å². The zero-order chi connectivity index (χ0) is 15.8. The molecule has 0 saturated heterocycles. The number of nitrogens with zero attached hydrogens (tertiary/aromatic N) is 2. The molecular weight excluding hydrogens is 282 g/mol. The molecule has 0 radical (unpaired) electrons. The lowest BCUT2D eigenvalue weighted by atomic mass is 10.2. The second-order valence-corrected chi connectivity index (χ2v) is 4.85. The van der Waals surface area contributed by atoms with Crippen LogP contribution in [0.1, 0.15) is 12.0 Å². The molecule has 0 aliphatic carbocycles. The number of amides is 3. The van der Waals surface area contributed by atoms with Gasteiger partial charge in [0, 0.05) is 32.8 Å². The van der Waals surface area contributed by atoms with Crippen molar-refractivity contribution in [1.29, 1.82) is 0 Å². The Balaban J connectivity index is 1.67. The number of rotatable bonds is 6. The van der Waals surface area contributed by atoms with Crippen molar-refractivity contribution < 1.29 is 9.59 Å². The monoisotopic (exact) mass is 301 g/mol. The van der Waals surface area contributed by atoms with Gasteiger partial charge in [-0.3, -0.25) is 9.89 Å². The van der Waals surface area contributed by atoms with Crippen molar-refractivity contribution in [2.24, 2.45) is 0 Å². The van der Waals surface area contributed by atoms with Crippen molar-refractivity contribution in [2.45, 2.75) is 13.0 Å². The third kappa shape index (κ3) is 4.93. The van der Waals surface area contributed by atoms with Gasteiger partial charge >= 0.3 is 6.03 Å². The number of carbonyl (C=O) groups excluding carboxylic acids is 2. The van der Waals surface area contributed by atoms with Crippen LogP contribution < -0.4 is 10.6 Å². The Morgan fingerprint density at radius 2 is 2.05 bits per heavy atom. The average molecular weight is 301 g/mol. The van der Waals surface area contributed by atoms with Crippen molar-refractivity contribution in [3.8, 4) is 0 Å². The molecule has 2 rings (SSSR count). The molecule has 0 aliphatic rings. The van der Waals surface area contributed by atoms with Gasteiger partial charge in [0.15, 0.2) is 0 Å². The fraction of sp³-hybridized carbons (Fsp3) is 0.267. The van der Waals surface area contributed by atoms with Crippen molar-refractivity contribution in [1.82, 2.24) is 20.4 Å². The zero-order valence-electron chi connectivity index (χ0n) is 12.4. The molecule has 3 N–H and O–H groups in total. The van der Waals surface area contributed by atoms with E-state index in [1.54, 1.807) is 18.1 Å². The third-order valence-corrected chi connectivity index (χ3v) is 3.07. The zero-order valence-corrected chi connectivity index (χ0v) is 12.4. The normalized spacial score (nSPS) is 10.0. The smallest absolute Gasteiger partial charge is 0.319 e. The van der Waals surface area contributed by atoms with Gasteiger partial charge in [0.2, 0.25) is 5.91 Å². The Morgan fingerprint density at radius 1 is 1.27 bits per heavy atom. The molecule has 0 fully saturated rings. The second kappa shape index (κ2) is 7.82. The first-order valence-corrected chi connectivity index (χ1v) is 6.96. The average Bonchev–Trinajstić information content (AvgIpc) is 3.01. The van der Waals surface area contributed by atoms with Crippen LogP contribution in [-0.2, 0) is 11.3 Å². The number of aromatic nitrogens is 2. The lowest BCUT2D eigenvalue weighted by Gasteiger charge is -2.17. The molecule has 0 aliphatic heterocycles. The number of hydrogen-bond donors (Lipinski definition) is 3. The number of hydrogen-bond acceptors (Lipinski definition) is 3. The van der Waals surface area contributed by atoms with Gasteiger partial charge < -0.3 is 15.5 Å². The summed E-state index contributed by atoms with van der Waals surface area (Å²) in [5.41, 5.74) is 1.65. The maximum atomic E-state index is 12.0. The minimum atomic E-state index is -0.361. The molecule has 116 valence electrons. The van der Waals surface area contributed by atoms with Crippen molar-refractivity contribution in [3.63, 3.8) is 0 Å². The van der Waals surface area contributed by atoms with Crippen LogP contribution in [0.4, 0.5) is 10.5 Å². The Bertz CT molecular complexity index is 598. The van der Waals surface area contributed by atoms with Crippen LogP contribution in [-0.4, -0.2) is 40.6 Å². The quantitative estimate of drug-likeness (QED) is 0.756. The molecule has 0 spiro atoms.